The molecule has 2 fully saturated rings. The molecule has 17 heavy (non-hydrogen) atoms. The number of thioether (sulfide) groups is 1. The Labute approximate surface area is 106 Å². The molecule has 2 heterocycles. The zero-order valence-corrected chi connectivity index (χ0v) is 11.2. The van der Waals surface area contributed by atoms with E-state index in [-0.39, 0.29) is 29.6 Å². The zero-order valence-electron chi connectivity index (χ0n) is 10.3. The van der Waals surface area contributed by atoms with Gasteiger partial charge in [-0.2, -0.15) is 11.8 Å². The molecule has 3 atom stereocenters. The van der Waals surface area contributed by atoms with E-state index in [0.717, 1.165) is 17.9 Å². The lowest BCUT2D eigenvalue weighted by molar-refractivity contribution is -0.146. The number of esters is 1. The van der Waals surface area contributed by atoms with Crippen molar-refractivity contribution in [2.45, 2.75) is 13.3 Å². The van der Waals surface area contributed by atoms with Gasteiger partial charge >= 0.3 is 5.97 Å². The van der Waals surface area contributed by atoms with Crippen molar-refractivity contribution in [1.82, 2.24) is 4.90 Å². The topological polar surface area (TPSA) is 46.6 Å². The second-order valence-corrected chi connectivity index (χ2v) is 6.06. The van der Waals surface area contributed by atoms with E-state index in [2.05, 4.69) is 0 Å². The van der Waals surface area contributed by atoms with Gasteiger partial charge in [0.2, 0.25) is 5.91 Å². The quantitative estimate of drug-likeness (QED) is 0.693. The molecule has 0 aromatic carbocycles. The monoisotopic (exact) mass is 257 g/mol. The minimum absolute atomic E-state index is 0.141. The van der Waals surface area contributed by atoms with E-state index in [1.54, 1.807) is 0 Å². The molecular weight excluding hydrogens is 238 g/mol. The minimum atomic E-state index is -0.186. The maximum atomic E-state index is 12.2. The van der Waals surface area contributed by atoms with Crippen LogP contribution in [0.1, 0.15) is 13.3 Å². The molecule has 0 aliphatic carbocycles. The lowest BCUT2D eigenvalue weighted by atomic mass is 9.99. The van der Waals surface area contributed by atoms with Crippen molar-refractivity contribution < 1.29 is 14.3 Å². The summed E-state index contributed by atoms with van der Waals surface area (Å²) >= 11 is 1.84. The van der Waals surface area contributed by atoms with Crippen LogP contribution in [-0.4, -0.2) is 48.5 Å². The van der Waals surface area contributed by atoms with Gasteiger partial charge in [0.05, 0.1) is 13.0 Å². The van der Waals surface area contributed by atoms with Crippen LogP contribution in [0.4, 0.5) is 0 Å². The summed E-state index contributed by atoms with van der Waals surface area (Å²) in [4.78, 5) is 25.6. The normalized spacial score (nSPS) is 32.8. The highest BCUT2D eigenvalue weighted by molar-refractivity contribution is 7.99. The van der Waals surface area contributed by atoms with E-state index in [1.165, 1.54) is 7.11 Å². The molecule has 3 unspecified atom stereocenters. The molecule has 0 saturated carbocycles. The summed E-state index contributed by atoms with van der Waals surface area (Å²) < 4.78 is 4.78. The van der Waals surface area contributed by atoms with Crippen molar-refractivity contribution in [2.75, 3.05) is 31.7 Å². The summed E-state index contributed by atoms with van der Waals surface area (Å²) in [5, 5.41) is 0. The molecule has 96 valence electrons. The first-order valence-electron chi connectivity index (χ1n) is 6.08. The molecule has 5 heteroatoms. The number of hydrogen-bond acceptors (Lipinski definition) is 4. The van der Waals surface area contributed by atoms with Crippen LogP contribution in [0, 0.1) is 17.8 Å². The summed E-state index contributed by atoms with van der Waals surface area (Å²) in [5.41, 5.74) is 0. The Morgan fingerprint density at radius 2 is 2.12 bits per heavy atom. The molecule has 4 nitrogen and oxygen atoms in total. The van der Waals surface area contributed by atoms with Crippen LogP contribution >= 0.6 is 11.8 Å². The fourth-order valence-corrected chi connectivity index (χ4v) is 3.80. The Morgan fingerprint density at radius 1 is 1.35 bits per heavy atom. The number of nitrogens with zero attached hydrogens (tertiary/aromatic N) is 1. The number of hydrogen-bond donors (Lipinski definition) is 0. The van der Waals surface area contributed by atoms with Crippen molar-refractivity contribution in [3.8, 4) is 0 Å². The van der Waals surface area contributed by atoms with Crippen molar-refractivity contribution in [3.05, 3.63) is 0 Å². The molecule has 0 aromatic heterocycles. The summed E-state index contributed by atoms with van der Waals surface area (Å²) in [7, 11) is 1.41. The predicted octanol–water partition coefficient (Wildman–Crippen LogP) is 1.01. The van der Waals surface area contributed by atoms with Crippen LogP contribution in [0.15, 0.2) is 0 Å². The van der Waals surface area contributed by atoms with Crippen LogP contribution < -0.4 is 0 Å². The van der Waals surface area contributed by atoms with Gasteiger partial charge in [0.25, 0.3) is 0 Å². The molecule has 0 N–H and O–H groups in total. The molecule has 2 aliphatic heterocycles. The van der Waals surface area contributed by atoms with Crippen molar-refractivity contribution in [3.63, 3.8) is 0 Å². The van der Waals surface area contributed by atoms with Gasteiger partial charge in [-0.3, -0.25) is 9.59 Å². The van der Waals surface area contributed by atoms with Gasteiger partial charge < -0.3 is 9.64 Å². The molecule has 1 amide bonds. The average Bonchev–Trinajstić information content (AvgIpc) is 2.96. The highest BCUT2D eigenvalue weighted by Crippen LogP contribution is 2.30. The first kappa shape index (κ1) is 12.7. The number of amides is 1. The van der Waals surface area contributed by atoms with Crippen LogP contribution in [-0.2, 0) is 14.3 Å². The Morgan fingerprint density at radius 3 is 2.71 bits per heavy atom. The lowest BCUT2D eigenvalue weighted by Gasteiger charge is -2.19. The van der Waals surface area contributed by atoms with Crippen molar-refractivity contribution >= 4 is 23.6 Å². The fourth-order valence-electron chi connectivity index (χ4n) is 2.59. The van der Waals surface area contributed by atoms with E-state index in [0.29, 0.717) is 13.1 Å². The van der Waals surface area contributed by atoms with E-state index in [1.807, 2.05) is 23.6 Å². The first-order chi connectivity index (χ1) is 8.13. The maximum Gasteiger partial charge on any atom is 0.310 e. The van der Waals surface area contributed by atoms with Gasteiger partial charge in [-0.15, -0.1) is 0 Å². The Hall–Kier alpha value is -0.710. The van der Waals surface area contributed by atoms with Crippen LogP contribution in [0.3, 0.4) is 0 Å². The third-order valence-electron chi connectivity index (χ3n) is 3.71. The van der Waals surface area contributed by atoms with Gasteiger partial charge in [-0.1, -0.05) is 6.92 Å². The molecule has 2 rings (SSSR count). The minimum Gasteiger partial charge on any atom is -0.469 e. The Kier molecular flexibility index (Phi) is 3.97. The molecular formula is C12H19NO3S. The smallest absolute Gasteiger partial charge is 0.310 e. The highest BCUT2D eigenvalue weighted by Gasteiger charge is 2.39. The highest BCUT2D eigenvalue weighted by atomic mass is 32.2. The summed E-state index contributed by atoms with van der Waals surface area (Å²) in [5.74, 6) is 2.30. The standard InChI is InChI=1S/C12H19NO3S/c1-8-5-13(6-10(8)12(15)16-2)11(14)9-3-4-17-7-9/h8-10H,3-7H2,1-2H3. The summed E-state index contributed by atoms with van der Waals surface area (Å²) in [6.07, 6.45) is 0.983. The number of likely N-dealkylation sites (tertiary alicyclic amines) is 1. The maximum absolute atomic E-state index is 12.2. The van der Waals surface area contributed by atoms with Gasteiger partial charge in [0.15, 0.2) is 0 Å². The second kappa shape index (κ2) is 5.29. The van der Waals surface area contributed by atoms with E-state index in [9.17, 15) is 9.59 Å². The fraction of sp³-hybridized carbons (Fsp3) is 0.833. The van der Waals surface area contributed by atoms with E-state index >= 15 is 0 Å². The number of carbonyl (C=O) groups excluding carboxylic acids is 2. The second-order valence-electron chi connectivity index (χ2n) is 4.91. The number of rotatable bonds is 2. The molecule has 0 aromatic rings. The number of ether oxygens (including phenoxy) is 1. The molecule has 0 spiro atoms. The Balaban J connectivity index is 1.95. The van der Waals surface area contributed by atoms with Crippen LogP contribution in [0.5, 0.6) is 0 Å². The van der Waals surface area contributed by atoms with Crippen molar-refractivity contribution in [2.24, 2.45) is 17.8 Å². The first-order valence-corrected chi connectivity index (χ1v) is 7.23. The van der Waals surface area contributed by atoms with E-state index in [4.69, 9.17) is 4.74 Å². The molecule has 2 saturated heterocycles. The third kappa shape index (κ3) is 2.59. The largest absolute Gasteiger partial charge is 0.469 e. The van der Waals surface area contributed by atoms with E-state index < -0.39 is 0 Å². The molecule has 2 aliphatic rings. The zero-order chi connectivity index (χ0) is 12.4. The summed E-state index contributed by atoms with van der Waals surface area (Å²) in [6, 6.07) is 0. The summed E-state index contributed by atoms with van der Waals surface area (Å²) in [6.45, 7) is 3.24. The van der Waals surface area contributed by atoms with Gasteiger partial charge in [0, 0.05) is 24.8 Å². The van der Waals surface area contributed by atoms with Crippen LogP contribution in [0.2, 0.25) is 0 Å². The van der Waals surface area contributed by atoms with Crippen molar-refractivity contribution in [1.29, 1.82) is 0 Å². The average molecular weight is 257 g/mol. The Bertz CT molecular complexity index is 315. The van der Waals surface area contributed by atoms with Gasteiger partial charge in [0.1, 0.15) is 0 Å². The van der Waals surface area contributed by atoms with Crippen LogP contribution in [0.25, 0.3) is 0 Å². The molecule has 0 radical (unpaired) electrons. The lowest BCUT2D eigenvalue weighted by Crippen LogP contribution is -2.35. The van der Waals surface area contributed by atoms with Gasteiger partial charge in [-0.05, 0) is 18.1 Å². The predicted molar refractivity (Wildman–Crippen MR) is 66.7 cm³/mol. The van der Waals surface area contributed by atoms with Gasteiger partial charge in [-0.25, -0.2) is 0 Å². The molecule has 0 bridgehead atoms. The SMILES string of the molecule is COC(=O)C1CN(C(=O)C2CCSC2)CC1C. The number of methoxy groups -OCH3 is 1. The number of carbonyl (C=O) groups is 2. The third-order valence-corrected chi connectivity index (χ3v) is 4.87.